The van der Waals surface area contributed by atoms with Crippen LogP contribution in [0.25, 0.3) is 0 Å². The van der Waals surface area contributed by atoms with Gasteiger partial charge in [-0.05, 0) is 18.6 Å². The zero-order chi connectivity index (χ0) is 12.4. The van der Waals surface area contributed by atoms with Crippen LogP contribution in [0.1, 0.15) is 11.9 Å². The van der Waals surface area contributed by atoms with E-state index in [9.17, 15) is 0 Å². The lowest BCUT2D eigenvalue weighted by Crippen LogP contribution is -2.15. The molecular weight excluding hydrogens is 250 g/mol. The summed E-state index contributed by atoms with van der Waals surface area (Å²) in [6.07, 6.45) is 0.903. The molecule has 1 aromatic heterocycles. The van der Waals surface area contributed by atoms with Gasteiger partial charge in [0.05, 0.1) is 0 Å². The number of rotatable bonds is 3. The van der Waals surface area contributed by atoms with E-state index in [1.165, 1.54) is 0 Å². The predicted octanol–water partition coefficient (Wildman–Crippen LogP) is 2.62. The number of benzene rings is 1. The summed E-state index contributed by atoms with van der Waals surface area (Å²) >= 11 is 1.56. The fraction of sp³-hybridized carbons (Fsp3) is 0.333. The molecule has 1 aliphatic heterocycles. The summed E-state index contributed by atoms with van der Waals surface area (Å²) in [6.45, 7) is 3.26. The van der Waals surface area contributed by atoms with Crippen LogP contribution in [-0.4, -0.2) is 23.4 Å². The molecule has 0 atom stereocenters. The quantitative estimate of drug-likeness (QED) is 0.922. The normalized spacial score (nSPS) is 13.4. The molecule has 1 aliphatic rings. The van der Waals surface area contributed by atoms with E-state index in [1.54, 1.807) is 11.3 Å². The minimum absolute atomic E-state index is 0.593. The Hall–Kier alpha value is -1.82. The lowest BCUT2D eigenvalue weighted by Gasteiger charge is -2.18. The molecular formula is C12H13N3O2S. The van der Waals surface area contributed by atoms with Gasteiger partial charge in [0.1, 0.15) is 18.2 Å². The van der Waals surface area contributed by atoms with Gasteiger partial charge in [-0.3, -0.25) is 0 Å². The molecule has 0 bridgehead atoms. The Bertz CT molecular complexity index is 556. The monoisotopic (exact) mass is 263 g/mol. The molecule has 0 radical (unpaired) electrons. The lowest BCUT2D eigenvalue weighted by atomic mass is 10.2. The van der Waals surface area contributed by atoms with Crippen molar-refractivity contribution in [2.45, 2.75) is 13.3 Å². The van der Waals surface area contributed by atoms with Gasteiger partial charge in [-0.2, -0.15) is 0 Å². The summed E-state index contributed by atoms with van der Waals surface area (Å²) in [5.74, 6) is 1.56. The fourth-order valence-corrected chi connectivity index (χ4v) is 2.39. The summed E-state index contributed by atoms with van der Waals surface area (Å²) in [5.41, 5.74) is 0.929. The van der Waals surface area contributed by atoms with Crippen molar-refractivity contribution in [2.24, 2.45) is 0 Å². The van der Waals surface area contributed by atoms with Gasteiger partial charge < -0.3 is 14.8 Å². The second kappa shape index (κ2) is 4.81. The van der Waals surface area contributed by atoms with Crippen LogP contribution in [0.4, 0.5) is 10.8 Å². The van der Waals surface area contributed by atoms with E-state index in [2.05, 4.69) is 22.4 Å². The third kappa shape index (κ3) is 2.24. The van der Waals surface area contributed by atoms with Crippen molar-refractivity contribution < 1.29 is 9.47 Å². The van der Waals surface area contributed by atoms with E-state index in [4.69, 9.17) is 9.47 Å². The molecule has 1 aromatic carbocycles. The maximum Gasteiger partial charge on any atom is 0.210 e. The molecule has 5 nitrogen and oxygen atoms in total. The summed E-state index contributed by atoms with van der Waals surface area (Å²) in [4.78, 5) is 0. The molecule has 0 saturated carbocycles. The summed E-state index contributed by atoms with van der Waals surface area (Å²) < 4.78 is 11.0. The van der Waals surface area contributed by atoms with Crippen molar-refractivity contribution in [3.05, 3.63) is 23.2 Å². The first-order valence-corrected chi connectivity index (χ1v) is 6.66. The Morgan fingerprint density at radius 3 is 2.83 bits per heavy atom. The SMILES string of the molecule is CCc1nnc(Nc2ccc3c(c2)OCCO3)s1. The minimum atomic E-state index is 0.593. The number of ether oxygens (including phenoxy) is 2. The Labute approximate surface area is 109 Å². The van der Waals surface area contributed by atoms with E-state index >= 15 is 0 Å². The van der Waals surface area contributed by atoms with Crippen LogP contribution in [0, 0.1) is 0 Å². The van der Waals surface area contributed by atoms with Gasteiger partial charge in [0.2, 0.25) is 5.13 Å². The summed E-state index contributed by atoms with van der Waals surface area (Å²) in [6, 6.07) is 5.76. The van der Waals surface area contributed by atoms with Crippen LogP contribution in [0.5, 0.6) is 11.5 Å². The van der Waals surface area contributed by atoms with Crippen LogP contribution < -0.4 is 14.8 Å². The number of hydrogen-bond acceptors (Lipinski definition) is 6. The Balaban J connectivity index is 1.80. The Morgan fingerprint density at radius 2 is 2.06 bits per heavy atom. The van der Waals surface area contributed by atoms with E-state index in [0.717, 1.165) is 33.7 Å². The second-order valence-corrected chi connectivity index (χ2v) is 4.90. The third-order valence-electron chi connectivity index (χ3n) is 2.56. The number of nitrogens with one attached hydrogen (secondary N) is 1. The van der Waals surface area contributed by atoms with Crippen molar-refractivity contribution >= 4 is 22.2 Å². The van der Waals surface area contributed by atoms with Crippen LogP contribution in [0.3, 0.4) is 0 Å². The molecule has 94 valence electrons. The number of fused-ring (bicyclic) bond motifs is 1. The van der Waals surface area contributed by atoms with Gasteiger partial charge in [-0.15, -0.1) is 10.2 Å². The van der Waals surface area contributed by atoms with Gasteiger partial charge in [-0.25, -0.2) is 0 Å². The van der Waals surface area contributed by atoms with Crippen molar-refractivity contribution in [1.29, 1.82) is 0 Å². The highest BCUT2D eigenvalue weighted by Crippen LogP contribution is 2.33. The van der Waals surface area contributed by atoms with Gasteiger partial charge in [-0.1, -0.05) is 18.3 Å². The van der Waals surface area contributed by atoms with E-state index in [0.29, 0.717) is 13.2 Å². The number of aromatic nitrogens is 2. The van der Waals surface area contributed by atoms with Crippen molar-refractivity contribution in [3.8, 4) is 11.5 Å². The maximum atomic E-state index is 5.53. The fourth-order valence-electron chi connectivity index (χ4n) is 1.69. The molecule has 6 heteroatoms. The molecule has 0 aliphatic carbocycles. The Kier molecular flexibility index (Phi) is 3.02. The van der Waals surface area contributed by atoms with Crippen molar-refractivity contribution in [3.63, 3.8) is 0 Å². The maximum absolute atomic E-state index is 5.53. The predicted molar refractivity (Wildman–Crippen MR) is 70.0 cm³/mol. The van der Waals surface area contributed by atoms with Crippen LogP contribution in [0.2, 0.25) is 0 Å². The first-order chi connectivity index (χ1) is 8.85. The minimum Gasteiger partial charge on any atom is -0.486 e. The molecule has 0 fully saturated rings. The molecule has 1 N–H and O–H groups in total. The van der Waals surface area contributed by atoms with Gasteiger partial charge in [0, 0.05) is 11.8 Å². The molecule has 0 unspecified atom stereocenters. The topological polar surface area (TPSA) is 56.3 Å². The first kappa shape index (κ1) is 11.3. The van der Waals surface area contributed by atoms with Crippen molar-refractivity contribution in [1.82, 2.24) is 10.2 Å². The number of hydrogen-bond donors (Lipinski definition) is 1. The Morgan fingerprint density at radius 1 is 1.22 bits per heavy atom. The zero-order valence-corrected chi connectivity index (χ0v) is 10.8. The molecule has 3 rings (SSSR count). The number of nitrogens with zero attached hydrogens (tertiary/aromatic N) is 2. The van der Waals surface area contributed by atoms with E-state index in [-0.39, 0.29) is 0 Å². The zero-order valence-electron chi connectivity index (χ0n) is 9.97. The largest absolute Gasteiger partial charge is 0.486 e. The van der Waals surface area contributed by atoms with Crippen LogP contribution in [-0.2, 0) is 6.42 Å². The van der Waals surface area contributed by atoms with E-state index < -0.39 is 0 Å². The standard InChI is InChI=1S/C12H13N3O2S/c1-2-11-14-15-12(18-11)13-8-3-4-9-10(7-8)17-6-5-16-9/h3-4,7H,2,5-6H2,1H3,(H,13,15). The number of anilines is 2. The van der Waals surface area contributed by atoms with Gasteiger partial charge in [0.15, 0.2) is 11.5 Å². The summed E-state index contributed by atoms with van der Waals surface area (Å²) in [7, 11) is 0. The lowest BCUT2D eigenvalue weighted by molar-refractivity contribution is 0.171. The van der Waals surface area contributed by atoms with Gasteiger partial charge in [0.25, 0.3) is 0 Å². The van der Waals surface area contributed by atoms with Crippen molar-refractivity contribution in [2.75, 3.05) is 18.5 Å². The second-order valence-electron chi connectivity index (χ2n) is 3.84. The average molecular weight is 263 g/mol. The highest BCUT2D eigenvalue weighted by molar-refractivity contribution is 7.15. The highest BCUT2D eigenvalue weighted by Gasteiger charge is 2.12. The number of aryl methyl sites for hydroxylation is 1. The first-order valence-electron chi connectivity index (χ1n) is 5.84. The smallest absolute Gasteiger partial charge is 0.210 e. The van der Waals surface area contributed by atoms with Gasteiger partial charge >= 0.3 is 0 Å². The molecule has 0 amide bonds. The van der Waals surface area contributed by atoms with Crippen LogP contribution >= 0.6 is 11.3 Å². The molecule has 0 saturated heterocycles. The summed E-state index contributed by atoms with van der Waals surface area (Å²) in [5, 5.41) is 13.2. The molecule has 2 aromatic rings. The van der Waals surface area contributed by atoms with E-state index in [1.807, 2.05) is 18.2 Å². The van der Waals surface area contributed by atoms with Crippen LogP contribution in [0.15, 0.2) is 18.2 Å². The molecule has 2 heterocycles. The highest BCUT2D eigenvalue weighted by atomic mass is 32.1. The molecule has 0 spiro atoms. The third-order valence-corrected chi connectivity index (χ3v) is 3.55. The molecule has 18 heavy (non-hydrogen) atoms. The average Bonchev–Trinajstić information content (AvgIpc) is 2.86.